The summed E-state index contributed by atoms with van der Waals surface area (Å²) in [6.45, 7) is 0. The predicted molar refractivity (Wildman–Crippen MR) is 67.3 cm³/mol. The molecule has 0 amide bonds. The molecular weight excluding hydrogens is 288 g/mol. The molecule has 0 bridgehead atoms. The molecule has 1 aromatic carbocycles. The van der Waals surface area contributed by atoms with Crippen molar-refractivity contribution in [2.45, 2.75) is 0 Å². The topological polar surface area (TPSA) is 73.0 Å². The molecule has 0 atom stereocenters. The number of non-ortho nitro benzene ring substituents is 1. The highest BCUT2D eigenvalue weighted by atomic mass is 79.9. The maximum atomic E-state index is 10.6. The number of aryl methyl sites for hydroxylation is 1. The lowest BCUT2D eigenvalue weighted by Crippen LogP contribution is -2.00. The Morgan fingerprint density at radius 1 is 1.53 bits per heavy atom. The third-order valence-electron chi connectivity index (χ3n) is 2.21. The molecule has 0 radical (unpaired) electrons. The summed E-state index contributed by atoms with van der Waals surface area (Å²) in [6.07, 6.45) is 1.65. The minimum atomic E-state index is -0.427. The fourth-order valence-electron chi connectivity index (χ4n) is 1.39. The number of hydrogen-bond donors (Lipinski definition) is 1. The van der Waals surface area contributed by atoms with Crippen LogP contribution in [0.3, 0.4) is 0 Å². The van der Waals surface area contributed by atoms with Gasteiger partial charge in [0.25, 0.3) is 5.69 Å². The summed E-state index contributed by atoms with van der Waals surface area (Å²) in [4.78, 5) is 10.2. The number of nitro benzene ring substituents is 1. The number of nitrogens with one attached hydrogen (secondary N) is 1. The van der Waals surface area contributed by atoms with Gasteiger partial charge in [0.15, 0.2) is 0 Å². The van der Waals surface area contributed by atoms with E-state index in [0.717, 1.165) is 10.3 Å². The van der Waals surface area contributed by atoms with Crippen LogP contribution in [0.5, 0.6) is 0 Å². The van der Waals surface area contributed by atoms with Crippen molar-refractivity contribution in [3.8, 4) is 0 Å². The Labute approximate surface area is 106 Å². The van der Waals surface area contributed by atoms with Crippen LogP contribution in [0.2, 0.25) is 0 Å². The number of anilines is 2. The van der Waals surface area contributed by atoms with E-state index in [0.29, 0.717) is 5.69 Å². The average Bonchev–Trinajstić information content (AvgIpc) is 2.61. The van der Waals surface area contributed by atoms with Crippen molar-refractivity contribution < 1.29 is 4.92 Å². The molecule has 1 N–H and O–H groups in total. The van der Waals surface area contributed by atoms with Gasteiger partial charge in [-0.25, -0.2) is 0 Å². The zero-order valence-electron chi connectivity index (χ0n) is 8.92. The second kappa shape index (κ2) is 4.54. The molecule has 0 saturated carbocycles. The van der Waals surface area contributed by atoms with Crippen molar-refractivity contribution in [1.29, 1.82) is 0 Å². The highest BCUT2D eigenvalue weighted by Crippen LogP contribution is 2.26. The van der Waals surface area contributed by atoms with Crippen LogP contribution in [0, 0.1) is 10.1 Å². The second-order valence-corrected chi connectivity index (χ2v) is 4.25. The molecule has 6 nitrogen and oxygen atoms in total. The quantitative estimate of drug-likeness (QED) is 0.698. The van der Waals surface area contributed by atoms with Crippen LogP contribution >= 0.6 is 15.9 Å². The summed E-state index contributed by atoms with van der Waals surface area (Å²) in [5.41, 5.74) is 0.691. The van der Waals surface area contributed by atoms with E-state index in [1.807, 2.05) is 0 Å². The van der Waals surface area contributed by atoms with E-state index < -0.39 is 4.92 Å². The van der Waals surface area contributed by atoms with Gasteiger partial charge in [-0.1, -0.05) is 6.07 Å². The van der Waals surface area contributed by atoms with E-state index >= 15 is 0 Å². The number of rotatable bonds is 3. The molecule has 0 aliphatic carbocycles. The first-order chi connectivity index (χ1) is 8.08. The highest BCUT2D eigenvalue weighted by Gasteiger charge is 2.09. The van der Waals surface area contributed by atoms with Gasteiger partial charge in [-0.05, 0) is 22.0 Å². The van der Waals surface area contributed by atoms with Crippen molar-refractivity contribution in [2.75, 3.05) is 5.32 Å². The summed E-state index contributed by atoms with van der Waals surface area (Å²) in [6, 6.07) is 6.31. The largest absolute Gasteiger partial charge is 0.339 e. The molecule has 0 spiro atoms. The van der Waals surface area contributed by atoms with Crippen molar-refractivity contribution in [2.24, 2.45) is 7.05 Å². The fourth-order valence-corrected chi connectivity index (χ4v) is 1.83. The lowest BCUT2D eigenvalue weighted by molar-refractivity contribution is -0.384. The molecule has 0 saturated heterocycles. The van der Waals surface area contributed by atoms with Crippen molar-refractivity contribution in [3.05, 3.63) is 45.0 Å². The molecule has 0 aliphatic heterocycles. The molecule has 7 heteroatoms. The van der Waals surface area contributed by atoms with Gasteiger partial charge in [0.2, 0.25) is 0 Å². The molecule has 0 unspecified atom stereocenters. The highest BCUT2D eigenvalue weighted by molar-refractivity contribution is 9.10. The summed E-state index contributed by atoms with van der Waals surface area (Å²) in [7, 11) is 1.78. The number of benzene rings is 1. The normalized spacial score (nSPS) is 10.2. The number of nitrogens with zero attached hydrogens (tertiary/aromatic N) is 3. The maximum absolute atomic E-state index is 10.6. The van der Waals surface area contributed by atoms with E-state index in [-0.39, 0.29) is 5.69 Å². The molecule has 0 aliphatic rings. The smallest absolute Gasteiger partial charge is 0.271 e. The molecule has 1 aromatic heterocycles. The Kier molecular flexibility index (Phi) is 3.10. The lowest BCUT2D eigenvalue weighted by atomic mass is 10.3. The van der Waals surface area contributed by atoms with E-state index in [1.54, 1.807) is 30.1 Å². The molecule has 1 heterocycles. The van der Waals surface area contributed by atoms with E-state index in [2.05, 4.69) is 26.3 Å². The Morgan fingerprint density at radius 3 is 2.88 bits per heavy atom. The summed E-state index contributed by atoms with van der Waals surface area (Å²) in [5, 5.41) is 17.7. The molecular formula is C10H9BrN4O2. The molecule has 2 rings (SSSR count). The lowest BCUT2D eigenvalue weighted by Gasteiger charge is -2.06. The van der Waals surface area contributed by atoms with E-state index in [4.69, 9.17) is 0 Å². The van der Waals surface area contributed by atoms with Crippen LogP contribution in [-0.2, 0) is 7.05 Å². The molecule has 17 heavy (non-hydrogen) atoms. The summed E-state index contributed by atoms with van der Waals surface area (Å²) >= 11 is 3.34. The predicted octanol–water partition coefficient (Wildman–Crippen LogP) is 2.83. The number of hydrogen-bond acceptors (Lipinski definition) is 4. The SMILES string of the molecule is Cn1ncc(Br)c1Nc1cccc([N+](=O)[O-])c1. The van der Waals surface area contributed by atoms with Crippen LogP contribution in [0.4, 0.5) is 17.2 Å². The van der Waals surface area contributed by atoms with Crippen molar-refractivity contribution in [3.63, 3.8) is 0 Å². The Morgan fingerprint density at radius 2 is 2.29 bits per heavy atom. The van der Waals surface area contributed by atoms with Crippen LogP contribution in [0.15, 0.2) is 34.9 Å². The van der Waals surface area contributed by atoms with Crippen molar-refractivity contribution >= 4 is 33.1 Å². The van der Waals surface area contributed by atoms with E-state index in [9.17, 15) is 10.1 Å². The maximum Gasteiger partial charge on any atom is 0.271 e. The van der Waals surface area contributed by atoms with Crippen LogP contribution in [0.25, 0.3) is 0 Å². The van der Waals surface area contributed by atoms with Gasteiger partial charge >= 0.3 is 0 Å². The third-order valence-corrected chi connectivity index (χ3v) is 2.79. The molecule has 2 aromatic rings. The average molecular weight is 297 g/mol. The van der Waals surface area contributed by atoms with Gasteiger partial charge in [-0.3, -0.25) is 14.8 Å². The minimum absolute atomic E-state index is 0.0493. The fraction of sp³-hybridized carbons (Fsp3) is 0.100. The first kappa shape index (κ1) is 11.6. The van der Waals surface area contributed by atoms with Gasteiger partial charge in [0, 0.05) is 24.9 Å². The van der Waals surface area contributed by atoms with E-state index in [1.165, 1.54) is 12.1 Å². The summed E-state index contributed by atoms with van der Waals surface area (Å²) in [5.74, 6) is 0.741. The Bertz CT molecular complexity index is 548. The van der Waals surface area contributed by atoms with Crippen LogP contribution in [0.1, 0.15) is 0 Å². The standard InChI is InChI=1S/C10H9BrN4O2/c1-14-10(9(11)6-12-14)13-7-3-2-4-8(5-7)15(16)17/h2-6,13H,1H3. The van der Waals surface area contributed by atoms with Crippen LogP contribution in [-0.4, -0.2) is 14.7 Å². The third kappa shape index (κ3) is 2.44. The minimum Gasteiger partial charge on any atom is -0.339 e. The number of aromatic nitrogens is 2. The number of nitro groups is 1. The zero-order valence-corrected chi connectivity index (χ0v) is 10.5. The van der Waals surface area contributed by atoms with Gasteiger partial charge in [-0.15, -0.1) is 0 Å². The van der Waals surface area contributed by atoms with Gasteiger partial charge < -0.3 is 5.32 Å². The first-order valence-corrected chi connectivity index (χ1v) is 5.56. The van der Waals surface area contributed by atoms with Crippen molar-refractivity contribution in [1.82, 2.24) is 9.78 Å². The van der Waals surface area contributed by atoms with Gasteiger partial charge in [-0.2, -0.15) is 5.10 Å². The molecule has 88 valence electrons. The second-order valence-electron chi connectivity index (χ2n) is 3.40. The van der Waals surface area contributed by atoms with Gasteiger partial charge in [0.1, 0.15) is 5.82 Å². The van der Waals surface area contributed by atoms with Crippen LogP contribution < -0.4 is 5.32 Å². The number of halogens is 1. The summed E-state index contributed by atoms with van der Waals surface area (Å²) < 4.78 is 2.44. The monoisotopic (exact) mass is 296 g/mol. The molecule has 0 fully saturated rings. The Hall–Kier alpha value is -1.89. The Balaban J connectivity index is 2.30. The first-order valence-electron chi connectivity index (χ1n) is 4.77. The van der Waals surface area contributed by atoms with Gasteiger partial charge in [0.05, 0.1) is 15.6 Å². The zero-order chi connectivity index (χ0) is 12.4.